The van der Waals surface area contributed by atoms with Crippen molar-refractivity contribution in [1.29, 1.82) is 0 Å². The summed E-state index contributed by atoms with van der Waals surface area (Å²) in [6, 6.07) is 7.74. The average molecular weight is 267 g/mol. The smallest absolute Gasteiger partial charge is 0.410 e. The standard InChI is InChI=1S/C13H15ClN2O2/c14-10-3-1-2-9(6-10)8-16-11-7-15-5-4-12(11)18-13(16)17/h1-3,6,11-12,15H,4-5,7-8H2. The first-order chi connectivity index (χ1) is 8.74. The highest BCUT2D eigenvalue weighted by Gasteiger charge is 2.42. The molecule has 2 aliphatic heterocycles. The van der Waals surface area contributed by atoms with Crippen LogP contribution in [0, 0.1) is 0 Å². The van der Waals surface area contributed by atoms with Crippen LogP contribution in [0.25, 0.3) is 0 Å². The zero-order valence-electron chi connectivity index (χ0n) is 9.93. The van der Waals surface area contributed by atoms with Crippen molar-refractivity contribution in [2.24, 2.45) is 0 Å². The third kappa shape index (κ3) is 2.18. The molecule has 5 heteroatoms. The molecule has 0 spiro atoms. The van der Waals surface area contributed by atoms with Crippen LogP contribution in [0.2, 0.25) is 5.02 Å². The summed E-state index contributed by atoms with van der Waals surface area (Å²) in [5, 5.41) is 4.00. The third-order valence-electron chi connectivity index (χ3n) is 3.52. The Labute approximate surface area is 111 Å². The molecule has 96 valence electrons. The number of amides is 1. The number of nitrogens with one attached hydrogen (secondary N) is 1. The number of ether oxygens (including phenoxy) is 1. The number of carbonyl (C=O) groups excluding carboxylic acids is 1. The van der Waals surface area contributed by atoms with Crippen LogP contribution in [0.4, 0.5) is 4.79 Å². The van der Waals surface area contributed by atoms with Gasteiger partial charge in [0.1, 0.15) is 6.10 Å². The second-order valence-electron chi connectivity index (χ2n) is 4.74. The lowest BCUT2D eigenvalue weighted by Crippen LogP contribution is -2.48. The molecule has 1 aromatic carbocycles. The molecule has 3 rings (SSSR count). The molecule has 2 fully saturated rings. The van der Waals surface area contributed by atoms with Crippen LogP contribution in [-0.4, -0.2) is 36.2 Å². The maximum Gasteiger partial charge on any atom is 0.410 e. The first kappa shape index (κ1) is 11.8. The Morgan fingerprint density at radius 3 is 3.22 bits per heavy atom. The maximum absolute atomic E-state index is 11.9. The maximum atomic E-state index is 11.9. The Morgan fingerprint density at radius 2 is 2.39 bits per heavy atom. The Balaban J connectivity index is 1.77. The SMILES string of the molecule is O=C1OC2CCNCC2N1Cc1cccc(Cl)c1. The summed E-state index contributed by atoms with van der Waals surface area (Å²) in [5.74, 6) is 0. The summed E-state index contributed by atoms with van der Waals surface area (Å²) in [4.78, 5) is 13.7. The second-order valence-corrected chi connectivity index (χ2v) is 5.18. The molecule has 0 aromatic heterocycles. The predicted octanol–water partition coefficient (Wildman–Crippen LogP) is 2.02. The number of hydrogen-bond donors (Lipinski definition) is 1. The van der Waals surface area contributed by atoms with Gasteiger partial charge in [0, 0.05) is 18.1 Å². The molecule has 0 radical (unpaired) electrons. The van der Waals surface area contributed by atoms with Crippen molar-refractivity contribution in [1.82, 2.24) is 10.2 Å². The molecule has 2 saturated heterocycles. The van der Waals surface area contributed by atoms with Gasteiger partial charge in [-0.05, 0) is 30.7 Å². The number of piperidine rings is 1. The lowest BCUT2D eigenvalue weighted by Gasteiger charge is -2.28. The number of fused-ring (bicyclic) bond motifs is 1. The van der Waals surface area contributed by atoms with E-state index in [0.29, 0.717) is 11.6 Å². The monoisotopic (exact) mass is 266 g/mol. The van der Waals surface area contributed by atoms with Crippen LogP contribution in [-0.2, 0) is 11.3 Å². The van der Waals surface area contributed by atoms with Crippen molar-refractivity contribution in [3.8, 4) is 0 Å². The molecule has 0 aliphatic carbocycles. The topological polar surface area (TPSA) is 41.6 Å². The van der Waals surface area contributed by atoms with Crippen molar-refractivity contribution in [2.45, 2.75) is 25.1 Å². The fourth-order valence-electron chi connectivity index (χ4n) is 2.61. The highest BCUT2D eigenvalue weighted by atomic mass is 35.5. The van der Waals surface area contributed by atoms with Gasteiger partial charge in [0.05, 0.1) is 6.04 Å². The summed E-state index contributed by atoms with van der Waals surface area (Å²) < 4.78 is 5.39. The highest BCUT2D eigenvalue weighted by Crippen LogP contribution is 2.26. The van der Waals surface area contributed by atoms with Crippen LogP contribution < -0.4 is 5.32 Å². The van der Waals surface area contributed by atoms with Crippen LogP contribution in [0.15, 0.2) is 24.3 Å². The van der Waals surface area contributed by atoms with Crippen LogP contribution in [0.1, 0.15) is 12.0 Å². The van der Waals surface area contributed by atoms with Crippen LogP contribution in [0.3, 0.4) is 0 Å². The summed E-state index contributed by atoms with van der Waals surface area (Å²) >= 11 is 5.96. The molecular weight excluding hydrogens is 252 g/mol. The molecule has 1 amide bonds. The molecule has 1 N–H and O–H groups in total. The van der Waals surface area contributed by atoms with Gasteiger partial charge in [0.2, 0.25) is 0 Å². The second kappa shape index (κ2) is 4.78. The first-order valence-corrected chi connectivity index (χ1v) is 6.54. The molecule has 2 aliphatic rings. The van der Waals surface area contributed by atoms with Crippen molar-refractivity contribution in [3.05, 3.63) is 34.9 Å². The van der Waals surface area contributed by atoms with Gasteiger partial charge < -0.3 is 10.1 Å². The van der Waals surface area contributed by atoms with E-state index >= 15 is 0 Å². The number of carbonyl (C=O) groups is 1. The lowest BCUT2D eigenvalue weighted by atomic mass is 10.0. The van der Waals surface area contributed by atoms with Gasteiger partial charge in [-0.1, -0.05) is 23.7 Å². The number of halogens is 1. The molecule has 0 saturated carbocycles. The normalized spacial score (nSPS) is 26.9. The fourth-order valence-corrected chi connectivity index (χ4v) is 2.83. The molecule has 2 atom stereocenters. The minimum Gasteiger partial charge on any atom is -0.444 e. The minimum absolute atomic E-state index is 0.0398. The fraction of sp³-hybridized carbons (Fsp3) is 0.462. The van der Waals surface area contributed by atoms with Crippen LogP contribution >= 0.6 is 11.6 Å². The first-order valence-electron chi connectivity index (χ1n) is 6.16. The summed E-state index contributed by atoms with van der Waals surface area (Å²) in [7, 11) is 0. The number of hydrogen-bond acceptors (Lipinski definition) is 3. The van der Waals surface area contributed by atoms with E-state index in [1.54, 1.807) is 4.90 Å². The van der Waals surface area contributed by atoms with E-state index in [9.17, 15) is 4.79 Å². The quantitative estimate of drug-likeness (QED) is 0.891. The Morgan fingerprint density at radius 1 is 1.50 bits per heavy atom. The van der Waals surface area contributed by atoms with E-state index in [1.165, 1.54) is 0 Å². The van der Waals surface area contributed by atoms with E-state index in [1.807, 2.05) is 24.3 Å². The molecule has 2 heterocycles. The summed E-state index contributed by atoms with van der Waals surface area (Å²) in [6.07, 6.45) is 0.717. The number of rotatable bonds is 2. The number of nitrogens with zero attached hydrogens (tertiary/aromatic N) is 1. The molecule has 2 unspecified atom stereocenters. The molecular formula is C13H15ClN2O2. The van der Waals surface area contributed by atoms with Crippen LogP contribution in [0.5, 0.6) is 0 Å². The van der Waals surface area contributed by atoms with Gasteiger partial charge in [0.25, 0.3) is 0 Å². The largest absolute Gasteiger partial charge is 0.444 e. The van der Waals surface area contributed by atoms with E-state index in [2.05, 4.69) is 5.32 Å². The van der Waals surface area contributed by atoms with E-state index in [-0.39, 0.29) is 18.2 Å². The van der Waals surface area contributed by atoms with Crippen molar-refractivity contribution < 1.29 is 9.53 Å². The summed E-state index contributed by atoms with van der Waals surface area (Å²) in [6.45, 7) is 2.28. The number of benzene rings is 1. The molecule has 1 aromatic rings. The zero-order chi connectivity index (χ0) is 12.5. The predicted molar refractivity (Wildman–Crippen MR) is 68.5 cm³/mol. The lowest BCUT2D eigenvalue weighted by molar-refractivity contribution is 0.117. The highest BCUT2D eigenvalue weighted by molar-refractivity contribution is 6.30. The Bertz CT molecular complexity index is 466. The van der Waals surface area contributed by atoms with Crippen molar-refractivity contribution in [3.63, 3.8) is 0 Å². The Hall–Kier alpha value is -1.26. The van der Waals surface area contributed by atoms with Gasteiger partial charge in [-0.15, -0.1) is 0 Å². The van der Waals surface area contributed by atoms with Gasteiger partial charge >= 0.3 is 6.09 Å². The average Bonchev–Trinajstić information content (AvgIpc) is 2.66. The van der Waals surface area contributed by atoms with Crippen molar-refractivity contribution in [2.75, 3.05) is 13.1 Å². The third-order valence-corrected chi connectivity index (χ3v) is 3.75. The van der Waals surface area contributed by atoms with Crippen molar-refractivity contribution >= 4 is 17.7 Å². The van der Waals surface area contributed by atoms with E-state index < -0.39 is 0 Å². The van der Waals surface area contributed by atoms with E-state index in [0.717, 1.165) is 25.1 Å². The summed E-state index contributed by atoms with van der Waals surface area (Å²) in [5.41, 5.74) is 1.03. The van der Waals surface area contributed by atoms with Gasteiger partial charge in [0.15, 0.2) is 0 Å². The molecule has 18 heavy (non-hydrogen) atoms. The van der Waals surface area contributed by atoms with Gasteiger partial charge in [-0.3, -0.25) is 4.90 Å². The van der Waals surface area contributed by atoms with E-state index in [4.69, 9.17) is 16.3 Å². The van der Waals surface area contributed by atoms with Gasteiger partial charge in [-0.25, -0.2) is 4.79 Å². The van der Waals surface area contributed by atoms with Gasteiger partial charge in [-0.2, -0.15) is 0 Å². The minimum atomic E-state index is -0.214. The molecule has 0 bridgehead atoms. The Kier molecular flexibility index (Phi) is 3.14. The zero-order valence-corrected chi connectivity index (χ0v) is 10.7. The molecule has 4 nitrogen and oxygen atoms in total.